The van der Waals surface area contributed by atoms with E-state index >= 15 is 0 Å². The average Bonchev–Trinajstić information content (AvgIpc) is 2.61. The van der Waals surface area contributed by atoms with E-state index in [9.17, 15) is 0 Å². The van der Waals surface area contributed by atoms with Crippen LogP contribution in [0.5, 0.6) is 0 Å². The maximum absolute atomic E-state index is 6.14. The van der Waals surface area contributed by atoms with Crippen LogP contribution in [0.15, 0.2) is 22.7 Å². The summed E-state index contributed by atoms with van der Waals surface area (Å²) >= 11 is 9.69. The van der Waals surface area contributed by atoms with Gasteiger partial charge in [0.2, 0.25) is 0 Å². The summed E-state index contributed by atoms with van der Waals surface area (Å²) in [6.07, 6.45) is 3.91. The van der Waals surface area contributed by atoms with Gasteiger partial charge in [0.15, 0.2) is 0 Å². The van der Waals surface area contributed by atoms with Crippen LogP contribution < -0.4 is 5.32 Å². The van der Waals surface area contributed by atoms with Gasteiger partial charge in [-0.05, 0) is 79.1 Å². The monoisotopic (exact) mass is 358 g/mol. The summed E-state index contributed by atoms with van der Waals surface area (Å²) in [4.78, 5) is 2.50. The first-order valence-electron chi connectivity index (χ1n) is 7.49. The van der Waals surface area contributed by atoms with Crippen molar-refractivity contribution >= 4 is 27.5 Å². The standard InChI is InChI=1S/C16H24BrClN2/c1-3-19-11-13-6-4-5-9-20(2)16(13)12-7-8-15(18)14(17)10-12/h7-8,10,13,16,19H,3-6,9,11H2,1-2H3. The minimum absolute atomic E-state index is 0.477. The fraction of sp³-hybridized carbons (Fsp3) is 0.625. The number of nitrogens with zero attached hydrogens (tertiary/aromatic N) is 1. The first-order valence-corrected chi connectivity index (χ1v) is 8.66. The molecule has 0 saturated carbocycles. The van der Waals surface area contributed by atoms with Crippen molar-refractivity contribution < 1.29 is 0 Å². The van der Waals surface area contributed by atoms with E-state index in [1.807, 2.05) is 6.07 Å². The Kier molecular flexibility index (Phi) is 6.34. The van der Waals surface area contributed by atoms with Crippen molar-refractivity contribution in [1.29, 1.82) is 0 Å². The molecule has 2 unspecified atom stereocenters. The van der Waals surface area contributed by atoms with Crippen LogP contribution in [-0.2, 0) is 0 Å². The van der Waals surface area contributed by atoms with Gasteiger partial charge >= 0.3 is 0 Å². The molecule has 0 bridgehead atoms. The maximum Gasteiger partial charge on any atom is 0.0548 e. The van der Waals surface area contributed by atoms with Gasteiger partial charge in [-0.3, -0.25) is 4.90 Å². The highest BCUT2D eigenvalue weighted by Gasteiger charge is 2.28. The van der Waals surface area contributed by atoms with E-state index in [1.165, 1.54) is 31.4 Å². The van der Waals surface area contributed by atoms with Crippen LogP contribution in [-0.4, -0.2) is 31.6 Å². The van der Waals surface area contributed by atoms with Crippen molar-refractivity contribution in [2.75, 3.05) is 26.7 Å². The zero-order chi connectivity index (χ0) is 14.5. The lowest BCUT2D eigenvalue weighted by molar-refractivity contribution is 0.189. The summed E-state index contributed by atoms with van der Waals surface area (Å²) in [5.74, 6) is 0.663. The van der Waals surface area contributed by atoms with Gasteiger partial charge in [0.05, 0.1) is 5.02 Å². The molecule has 0 spiro atoms. The molecule has 1 saturated heterocycles. The van der Waals surface area contributed by atoms with Crippen molar-refractivity contribution in [2.45, 2.75) is 32.2 Å². The lowest BCUT2D eigenvalue weighted by Crippen LogP contribution is -2.34. The van der Waals surface area contributed by atoms with Gasteiger partial charge in [0, 0.05) is 10.5 Å². The molecule has 2 nitrogen and oxygen atoms in total. The Morgan fingerprint density at radius 2 is 2.20 bits per heavy atom. The van der Waals surface area contributed by atoms with Gasteiger partial charge in [0.25, 0.3) is 0 Å². The second-order valence-electron chi connectivity index (χ2n) is 5.66. The molecule has 0 aromatic heterocycles. The largest absolute Gasteiger partial charge is 0.317 e. The van der Waals surface area contributed by atoms with Crippen LogP contribution in [0.1, 0.15) is 37.8 Å². The number of nitrogens with one attached hydrogen (secondary N) is 1. The van der Waals surface area contributed by atoms with Crippen molar-refractivity contribution in [3.63, 3.8) is 0 Å². The minimum atomic E-state index is 0.477. The van der Waals surface area contributed by atoms with Crippen LogP contribution in [0.25, 0.3) is 0 Å². The van der Waals surface area contributed by atoms with Crippen molar-refractivity contribution in [2.24, 2.45) is 5.92 Å². The van der Waals surface area contributed by atoms with Crippen LogP contribution in [0.2, 0.25) is 5.02 Å². The quantitative estimate of drug-likeness (QED) is 0.852. The molecule has 1 N–H and O–H groups in total. The fourth-order valence-electron chi connectivity index (χ4n) is 3.19. The molecule has 1 heterocycles. The van der Waals surface area contributed by atoms with E-state index in [-0.39, 0.29) is 0 Å². The van der Waals surface area contributed by atoms with Gasteiger partial charge < -0.3 is 5.32 Å². The van der Waals surface area contributed by atoms with E-state index in [4.69, 9.17) is 11.6 Å². The number of halogens is 2. The first kappa shape index (κ1) is 16.3. The van der Waals surface area contributed by atoms with E-state index in [2.05, 4.69) is 52.3 Å². The number of hydrogen-bond donors (Lipinski definition) is 1. The lowest BCUT2D eigenvalue weighted by Gasteiger charge is -2.33. The first-order chi connectivity index (χ1) is 9.63. The normalized spacial score (nSPS) is 24.6. The fourth-order valence-corrected chi connectivity index (χ4v) is 3.71. The molecule has 2 rings (SSSR count). The summed E-state index contributed by atoms with van der Waals surface area (Å²) in [5, 5.41) is 4.31. The van der Waals surface area contributed by atoms with Gasteiger partial charge in [-0.25, -0.2) is 0 Å². The SMILES string of the molecule is CCNCC1CCCCN(C)C1c1ccc(Cl)c(Br)c1. The summed E-state index contributed by atoms with van der Waals surface area (Å²) in [5.41, 5.74) is 1.37. The second kappa shape index (κ2) is 7.79. The minimum Gasteiger partial charge on any atom is -0.317 e. The van der Waals surface area contributed by atoms with Gasteiger partial charge in [0.1, 0.15) is 0 Å². The number of rotatable bonds is 4. The van der Waals surface area contributed by atoms with E-state index in [1.54, 1.807) is 0 Å². The molecule has 2 atom stereocenters. The molecular formula is C16H24BrClN2. The molecule has 0 aliphatic carbocycles. The van der Waals surface area contributed by atoms with Gasteiger partial charge in [-0.2, -0.15) is 0 Å². The lowest BCUT2D eigenvalue weighted by atomic mass is 9.89. The topological polar surface area (TPSA) is 15.3 Å². The Bertz CT molecular complexity index is 438. The number of likely N-dealkylation sites (tertiary alicyclic amines) is 1. The Morgan fingerprint density at radius 1 is 1.40 bits per heavy atom. The molecule has 0 radical (unpaired) electrons. The smallest absolute Gasteiger partial charge is 0.0548 e. The van der Waals surface area contributed by atoms with Gasteiger partial charge in [-0.1, -0.05) is 31.0 Å². The Labute approximate surface area is 136 Å². The van der Waals surface area contributed by atoms with Crippen molar-refractivity contribution in [1.82, 2.24) is 10.2 Å². The molecule has 0 amide bonds. The Balaban J connectivity index is 2.26. The molecule has 1 aliphatic heterocycles. The maximum atomic E-state index is 6.14. The van der Waals surface area contributed by atoms with E-state index in [0.29, 0.717) is 12.0 Å². The number of benzene rings is 1. The van der Waals surface area contributed by atoms with Crippen molar-refractivity contribution in [3.05, 3.63) is 33.3 Å². The molecule has 1 aromatic carbocycles. The molecular weight excluding hydrogens is 336 g/mol. The van der Waals surface area contributed by atoms with Crippen LogP contribution in [0, 0.1) is 5.92 Å². The summed E-state index contributed by atoms with van der Waals surface area (Å²) in [6.45, 7) is 5.48. The van der Waals surface area contributed by atoms with Crippen LogP contribution in [0.4, 0.5) is 0 Å². The predicted octanol–water partition coefficient (Wildman–Crippen LogP) is 4.49. The van der Waals surface area contributed by atoms with E-state index in [0.717, 1.165) is 22.6 Å². The molecule has 4 heteroatoms. The predicted molar refractivity (Wildman–Crippen MR) is 90.4 cm³/mol. The zero-order valence-corrected chi connectivity index (χ0v) is 14.7. The molecule has 112 valence electrons. The third kappa shape index (κ3) is 3.97. The Morgan fingerprint density at radius 3 is 2.90 bits per heavy atom. The van der Waals surface area contributed by atoms with Gasteiger partial charge in [-0.15, -0.1) is 0 Å². The third-order valence-electron chi connectivity index (χ3n) is 4.20. The summed E-state index contributed by atoms with van der Waals surface area (Å²) in [7, 11) is 2.25. The average molecular weight is 360 g/mol. The number of hydrogen-bond acceptors (Lipinski definition) is 2. The highest BCUT2D eigenvalue weighted by Crippen LogP contribution is 2.36. The van der Waals surface area contributed by atoms with Crippen molar-refractivity contribution in [3.8, 4) is 0 Å². The summed E-state index contributed by atoms with van der Waals surface area (Å²) in [6, 6.07) is 6.85. The zero-order valence-electron chi connectivity index (χ0n) is 12.3. The third-order valence-corrected chi connectivity index (χ3v) is 5.41. The summed E-state index contributed by atoms with van der Waals surface area (Å²) < 4.78 is 0.997. The second-order valence-corrected chi connectivity index (χ2v) is 6.92. The van der Waals surface area contributed by atoms with Crippen LogP contribution in [0.3, 0.4) is 0 Å². The molecule has 20 heavy (non-hydrogen) atoms. The highest BCUT2D eigenvalue weighted by molar-refractivity contribution is 9.10. The molecule has 1 aromatic rings. The van der Waals surface area contributed by atoms with E-state index < -0.39 is 0 Å². The molecule has 1 fully saturated rings. The van der Waals surface area contributed by atoms with Crippen LogP contribution >= 0.6 is 27.5 Å². The molecule has 1 aliphatic rings. The Hall–Kier alpha value is -0.0900. The highest BCUT2D eigenvalue weighted by atomic mass is 79.9.